The predicted molar refractivity (Wildman–Crippen MR) is 123 cm³/mol. The van der Waals surface area contributed by atoms with E-state index in [1.165, 1.54) is 0 Å². The highest BCUT2D eigenvalue weighted by Crippen LogP contribution is 2.34. The lowest BCUT2D eigenvalue weighted by atomic mass is 10.1. The molecule has 0 bridgehead atoms. The SMILES string of the molecule is COc1ccccc1/C=C/C=C1\Oc2cc(OCC(=O)OCc3ccccc3)ccc2C1=O. The molecular weight excluding hydrogens is 420 g/mol. The van der Waals surface area contributed by atoms with E-state index in [1.807, 2.05) is 60.7 Å². The van der Waals surface area contributed by atoms with Gasteiger partial charge in [-0.15, -0.1) is 0 Å². The Balaban J connectivity index is 1.35. The van der Waals surface area contributed by atoms with Gasteiger partial charge in [0, 0.05) is 11.6 Å². The molecular formula is C27H22O6. The average Bonchev–Trinajstić information content (AvgIpc) is 3.17. The number of methoxy groups -OCH3 is 1. The Labute approximate surface area is 191 Å². The van der Waals surface area contributed by atoms with Gasteiger partial charge in [-0.3, -0.25) is 4.79 Å². The van der Waals surface area contributed by atoms with E-state index >= 15 is 0 Å². The summed E-state index contributed by atoms with van der Waals surface area (Å²) >= 11 is 0. The summed E-state index contributed by atoms with van der Waals surface area (Å²) < 4.78 is 21.7. The van der Waals surface area contributed by atoms with Gasteiger partial charge in [0.1, 0.15) is 23.9 Å². The third kappa shape index (κ3) is 5.49. The van der Waals surface area contributed by atoms with E-state index < -0.39 is 5.97 Å². The first-order valence-electron chi connectivity index (χ1n) is 10.3. The summed E-state index contributed by atoms with van der Waals surface area (Å²) in [4.78, 5) is 24.5. The molecule has 0 saturated carbocycles. The molecule has 1 aliphatic heterocycles. The molecule has 0 spiro atoms. The van der Waals surface area contributed by atoms with Gasteiger partial charge in [-0.25, -0.2) is 4.79 Å². The molecule has 0 radical (unpaired) electrons. The van der Waals surface area contributed by atoms with Crippen LogP contribution in [-0.4, -0.2) is 25.5 Å². The Morgan fingerprint density at radius 1 is 1.00 bits per heavy atom. The summed E-state index contributed by atoms with van der Waals surface area (Å²) in [7, 11) is 1.61. The number of hydrogen-bond donors (Lipinski definition) is 0. The Kier molecular flexibility index (Phi) is 6.85. The Morgan fingerprint density at radius 2 is 1.79 bits per heavy atom. The summed E-state index contributed by atoms with van der Waals surface area (Å²) in [6.07, 6.45) is 5.18. The van der Waals surface area contributed by atoms with Crippen LogP contribution in [0.15, 0.2) is 90.7 Å². The second kappa shape index (κ2) is 10.3. The van der Waals surface area contributed by atoms with Crippen LogP contribution in [0.5, 0.6) is 17.2 Å². The standard InChI is InChI=1S/C27H22O6/c1-30-23-12-6-5-10-20(23)11-7-13-24-27(29)22-15-14-21(16-25(22)33-24)31-18-26(28)32-17-19-8-3-2-4-9-19/h2-16H,17-18H2,1H3/b11-7+,24-13-. The van der Waals surface area contributed by atoms with Crippen molar-refractivity contribution in [2.45, 2.75) is 6.61 Å². The molecule has 4 rings (SSSR count). The first-order valence-corrected chi connectivity index (χ1v) is 10.3. The zero-order valence-electron chi connectivity index (χ0n) is 18.0. The molecule has 0 unspecified atom stereocenters. The zero-order chi connectivity index (χ0) is 23.0. The van der Waals surface area contributed by atoms with Crippen LogP contribution in [-0.2, 0) is 16.1 Å². The summed E-state index contributed by atoms with van der Waals surface area (Å²) in [5.41, 5.74) is 2.22. The topological polar surface area (TPSA) is 71.1 Å². The third-order valence-corrected chi connectivity index (χ3v) is 4.90. The van der Waals surface area contributed by atoms with E-state index in [0.717, 1.165) is 16.9 Å². The van der Waals surface area contributed by atoms with Crippen LogP contribution in [0.25, 0.3) is 6.08 Å². The number of ketones is 1. The quantitative estimate of drug-likeness (QED) is 0.362. The number of fused-ring (bicyclic) bond motifs is 1. The van der Waals surface area contributed by atoms with Gasteiger partial charge >= 0.3 is 5.97 Å². The second-order valence-electron chi connectivity index (χ2n) is 7.16. The van der Waals surface area contributed by atoms with Crippen molar-refractivity contribution in [3.8, 4) is 17.2 Å². The molecule has 3 aromatic rings. The van der Waals surface area contributed by atoms with Crippen LogP contribution in [0.3, 0.4) is 0 Å². The molecule has 166 valence electrons. The monoisotopic (exact) mass is 442 g/mol. The molecule has 0 fully saturated rings. The van der Waals surface area contributed by atoms with E-state index in [-0.39, 0.29) is 24.8 Å². The molecule has 6 nitrogen and oxygen atoms in total. The number of carbonyl (C=O) groups excluding carboxylic acids is 2. The Morgan fingerprint density at radius 3 is 2.61 bits per heavy atom. The summed E-state index contributed by atoms with van der Waals surface area (Å²) in [6.45, 7) is -0.0642. The largest absolute Gasteiger partial charge is 0.496 e. The van der Waals surface area contributed by atoms with Crippen molar-refractivity contribution < 1.29 is 28.5 Å². The summed E-state index contributed by atoms with van der Waals surface area (Å²) in [5.74, 6) is 1.02. The Bertz CT molecular complexity index is 1210. The lowest BCUT2D eigenvalue weighted by Crippen LogP contribution is -2.14. The molecule has 1 heterocycles. The first-order chi connectivity index (χ1) is 16.1. The van der Waals surface area contributed by atoms with Crippen molar-refractivity contribution in [3.63, 3.8) is 0 Å². The molecule has 6 heteroatoms. The minimum Gasteiger partial charge on any atom is -0.496 e. The number of rotatable bonds is 8. The molecule has 0 aliphatic carbocycles. The van der Waals surface area contributed by atoms with Crippen LogP contribution in [0.2, 0.25) is 0 Å². The number of benzene rings is 3. The van der Waals surface area contributed by atoms with Gasteiger partial charge in [0.15, 0.2) is 12.4 Å². The number of carbonyl (C=O) groups is 2. The fourth-order valence-corrected chi connectivity index (χ4v) is 3.24. The van der Waals surface area contributed by atoms with Gasteiger partial charge in [0.2, 0.25) is 5.78 Å². The van der Waals surface area contributed by atoms with E-state index in [2.05, 4.69) is 0 Å². The molecule has 0 saturated heterocycles. The van der Waals surface area contributed by atoms with Gasteiger partial charge in [-0.1, -0.05) is 60.7 Å². The molecule has 0 N–H and O–H groups in total. The molecule has 0 atom stereocenters. The maximum Gasteiger partial charge on any atom is 0.344 e. The summed E-state index contributed by atoms with van der Waals surface area (Å²) in [5, 5.41) is 0. The van der Waals surface area contributed by atoms with Gasteiger partial charge in [0.25, 0.3) is 0 Å². The van der Waals surface area contributed by atoms with E-state index in [4.69, 9.17) is 18.9 Å². The second-order valence-corrected chi connectivity index (χ2v) is 7.16. The van der Waals surface area contributed by atoms with Crippen molar-refractivity contribution in [3.05, 3.63) is 107 Å². The van der Waals surface area contributed by atoms with Crippen molar-refractivity contribution in [2.24, 2.45) is 0 Å². The number of allylic oxidation sites excluding steroid dienone is 3. The fourth-order valence-electron chi connectivity index (χ4n) is 3.24. The lowest BCUT2D eigenvalue weighted by molar-refractivity contribution is -0.147. The average molecular weight is 442 g/mol. The Hall–Kier alpha value is -4.32. The van der Waals surface area contributed by atoms with Crippen molar-refractivity contribution in [1.29, 1.82) is 0 Å². The minimum atomic E-state index is -0.488. The van der Waals surface area contributed by atoms with E-state index in [0.29, 0.717) is 17.1 Å². The van der Waals surface area contributed by atoms with E-state index in [1.54, 1.807) is 37.5 Å². The maximum atomic E-state index is 12.6. The van der Waals surface area contributed by atoms with Gasteiger partial charge in [-0.05, 0) is 29.8 Å². The molecule has 1 aliphatic rings. The highest BCUT2D eigenvalue weighted by atomic mass is 16.6. The van der Waals surface area contributed by atoms with Crippen LogP contribution >= 0.6 is 0 Å². The lowest BCUT2D eigenvalue weighted by Gasteiger charge is -2.08. The van der Waals surface area contributed by atoms with Crippen molar-refractivity contribution >= 4 is 17.8 Å². The smallest absolute Gasteiger partial charge is 0.344 e. The van der Waals surface area contributed by atoms with Crippen LogP contribution in [0.1, 0.15) is 21.5 Å². The van der Waals surface area contributed by atoms with E-state index in [9.17, 15) is 9.59 Å². The first kappa shape index (κ1) is 21.9. The normalized spacial score (nSPS) is 13.6. The number of hydrogen-bond acceptors (Lipinski definition) is 6. The van der Waals surface area contributed by atoms with Gasteiger partial charge in [0.05, 0.1) is 12.7 Å². The summed E-state index contributed by atoms with van der Waals surface area (Å²) in [6, 6.07) is 21.8. The zero-order valence-corrected chi connectivity index (χ0v) is 18.0. The fraction of sp³-hybridized carbons (Fsp3) is 0.111. The number of esters is 1. The number of ether oxygens (including phenoxy) is 4. The van der Waals surface area contributed by atoms with Crippen molar-refractivity contribution in [2.75, 3.05) is 13.7 Å². The minimum absolute atomic E-state index is 0.182. The maximum absolute atomic E-state index is 12.6. The van der Waals surface area contributed by atoms with Crippen LogP contribution in [0, 0.1) is 0 Å². The molecule has 33 heavy (non-hydrogen) atoms. The highest BCUT2D eigenvalue weighted by molar-refractivity contribution is 6.12. The number of Topliss-reactive ketones (excluding diaryl/α,β-unsaturated/α-hetero) is 1. The van der Waals surface area contributed by atoms with Crippen LogP contribution < -0.4 is 14.2 Å². The third-order valence-electron chi connectivity index (χ3n) is 4.90. The number of para-hydroxylation sites is 1. The molecule has 0 amide bonds. The van der Waals surface area contributed by atoms with Crippen molar-refractivity contribution in [1.82, 2.24) is 0 Å². The van der Waals surface area contributed by atoms with Gasteiger partial charge in [-0.2, -0.15) is 0 Å². The van der Waals surface area contributed by atoms with Crippen LogP contribution in [0.4, 0.5) is 0 Å². The molecule has 3 aromatic carbocycles. The molecule has 0 aromatic heterocycles. The highest BCUT2D eigenvalue weighted by Gasteiger charge is 2.27. The predicted octanol–water partition coefficient (Wildman–Crippen LogP) is 4.99. The van der Waals surface area contributed by atoms with Gasteiger partial charge < -0.3 is 18.9 Å².